The lowest BCUT2D eigenvalue weighted by atomic mass is 10.1. The molecular weight excluding hydrogens is 352 g/mol. The van der Waals surface area contributed by atoms with Gasteiger partial charge in [-0.1, -0.05) is 6.07 Å². The number of halogens is 1. The van der Waals surface area contributed by atoms with Crippen LogP contribution in [0.4, 0.5) is 0 Å². The number of hydrogen-bond acceptors (Lipinski definition) is 5. The van der Waals surface area contributed by atoms with Crippen molar-refractivity contribution in [1.82, 2.24) is 4.98 Å². The number of thioether (sulfide) groups is 1. The van der Waals surface area contributed by atoms with Crippen LogP contribution in [0, 0.1) is 0 Å². The zero-order valence-electron chi connectivity index (χ0n) is 11.9. The van der Waals surface area contributed by atoms with Crippen molar-refractivity contribution < 1.29 is 9.47 Å². The van der Waals surface area contributed by atoms with E-state index < -0.39 is 0 Å². The number of hydrogen-bond donors (Lipinski definition) is 1. The first-order chi connectivity index (χ1) is 10.1. The topological polar surface area (TPSA) is 57.4 Å². The molecule has 1 aromatic heterocycles. The van der Waals surface area contributed by atoms with E-state index in [-0.39, 0.29) is 6.04 Å². The Labute approximate surface area is 137 Å². The second-order valence-corrected chi connectivity index (χ2v) is 6.30. The number of aromatic nitrogens is 1. The summed E-state index contributed by atoms with van der Waals surface area (Å²) in [5, 5.41) is 0.945. The Hall–Kier alpha value is -1.24. The molecule has 2 N–H and O–H groups in total. The quantitative estimate of drug-likeness (QED) is 0.788. The lowest BCUT2D eigenvalue weighted by Crippen LogP contribution is -2.14. The number of nitrogens with two attached hydrogens (primary N) is 1. The maximum atomic E-state index is 6.26. The van der Waals surface area contributed by atoms with Crippen LogP contribution in [0.3, 0.4) is 0 Å². The number of pyridine rings is 1. The molecule has 1 heterocycles. The summed E-state index contributed by atoms with van der Waals surface area (Å²) in [4.78, 5) is 4.32. The lowest BCUT2D eigenvalue weighted by molar-refractivity contribution is 0.389. The predicted octanol–water partition coefficient (Wildman–Crippen LogP) is 3.65. The van der Waals surface area contributed by atoms with E-state index in [9.17, 15) is 0 Å². The number of nitrogens with zero attached hydrogens (tertiary/aromatic N) is 1. The third-order valence-corrected chi connectivity index (χ3v) is 4.48. The van der Waals surface area contributed by atoms with Gasteiger partial charge in [0, 0.05) is 34.1 Å². The largest absolute Gasteiger partial charge is 0.497 e. The van der Waals surface area contributed by atoms with Gasteiger partial charge in [-0.15, -0.1) is 11.8 Å². The van der Waals surface area contributed by atoms with Crippen molar-refractivity contribution in [1.29, 1.82) is 0 Å². The molecule has 0 saturated heterocycles. The summed E-state index contributed by atoms with van der Waals surface area (Å²) in [6.45, 7) is 0. The summed E-state index contributed by atoms with van der Waals surface area (Å²) < 4.78 is 11.5. The van der Waals surface area contributed by atoms with Crippen LogP contribution in [-0.4, -0.2) is 25.0 Å². The summed E-state index contributed by atoms with van der Waals surface area (Å²) in [5.41, 5.74) is 7.22. The van der Waals surface area contributed by atoms with Gasteiger partial charge in [-0.2, -0.15) is 0 Å². The van der Waals surface area contributed by atoms with Gasteiger partial charge in [0.2, 0.25) is 0 Å². The molecule has 0 spiro atoms. The van der Waals surface area contributed by atoms with E-state index in [1.807, 2.05) is 30.3 Å². The fourth-order valence-corrected chi connectivity index (χ4v) is 2.89. The highest BCUT2D eigenvalue weighted by Gasteiger charge is 2.13. The van der Waals surface area contributed by atoms with Gasteiger partial charge in [-0.25, -0.2) is 4.98 Å². The standard InChI is InChI=1S/C15H17BrN2O2S/c1-19-11-4-5-12(14(7-11)20-2)13(17)9-21-15-6-3-10(16)8-18-15/h3-8,13H,9,17H2,1-2H3. The zero-order valence-corrected chi connectivity index (χ0v) is 14.3. The number of rotatable bonds is 6. The average molecular weight is 369 g/mol. The molecule has 2 aromatic rings. The summed E-state index contributed by atoms with van der Waals surface area (Å²) in [6.07, 6.45) is 1.78. The van der Waals surface area contributed by atoms with Crippen LogP contribution in [0.15, 0.2) is 46.0 Å². The van der Waals surface area contributed by atoms with E-state index in [1.165, 1.54) is 0 Å². The second-order valence-electron chi connectivity index (χ2n) is 4.34. The Balaban J connectivity index is 2.05. The molecule has 4 nitrogen and oxygen atoms in total. The highest BCUT2D eigenvalue weighted by atomic mass is 79.9. The molecule has 1 unspecified atom stereocenters. The molecule has 0 aliphatic heterocycles. The van der Waals surface area contributed by atoms with Crippen LogP contribution in [-0.2, 0) is 0 Å². The highest BCUT2D eigenvalue weighted by Crippen LogP contribution is 2.31. The molecule has 6 heteroatoms. The van der Waals surface area contributed by atoms with Crippen LogP contribution in [0.1, 0.15) is 11.6 Å². The normalized spacial score (nSPS) is 12.0. The molecular formula is C15H17BrN2O2S. The van der Waals surface area contributed by atoms with E-state index >= 15 is 0 Å². The molecule has 1 aromatic carbocycles. The van der Waals surface area contributed by atoms with E-state index in [4.69, 9.17) is 15.2 Å². The molecule has 0 fully saturated rings. The minimum absolute atomic E-state index is 0.138. The molecule has 112 valence electrons. The molecule has 1 atom stereocenters. The smallest absolute Gasteiger partial charge is 0.127 e. The van der Waals surface area contributed by atoms with Crippen molar-refractivity contribution in [3.05, 3.63) is 46.6 Å². The van der Waals surface area contributed by atoms with Gasteiger partial charge in [0.15, 0.2) is 0 Å². The average Bonchev–Trinajstić information content (AvgIpc) is 2.53. The molecule has 0 aliphatic rings. The zero-order chi connectivity index (χ0) is 15.2. The van der Waals surface area contributed by atoms with Crippen molar-refractivity contribution in [3.8, 4) is 11.5 Å². The van der Waals surface area contributed by atoms with Crippen LogP contribution >= 0.6 is 27.7 Å². The van der Waals surface area contributed by atoms with Crippen LogP contribution in [0.25, 0.3) is 0 Å². The third-order valence-electron chi connectivity index (χ3n) is 2.95. The van der Waals surface area contributed by atoms with E-state index in [2.05, 4.69) is 20.9 Å². The predicted molar refractivity (Wildman–Crippen MR) is 89.1 cm³/mol. The first-order valence-corrected chi connectivity index (χ1v) is 8.13. The van der Waals surface area contributed by atoms with E-state index in [0.717, 1.165) is 32.3 Å². The molecule has 21 heavy (non-hydrogen) atoms. The second kappa shape index (κ2) is 7.68. The third kappa shape index (κ3) is 4.36. The van der Waals surface area contributed by atoms with E-state index in [0.29, 0.717) is 0 Å². The van der Waals surface area contributed by atoms with Gasteiger partial charge in [0.1, 0.15) is 11.5 Å². The SMILES string of the molecule is COc1ccc(C(N)CSc2ccc(Br)cn2)c(OC)c1. The number of methoxy groups -OCH3 is 2. The number of benzene rings is 1. The highest BCUT2D eigenvalue weighted by molar-refractivity contribution is 9.10. The van der Waals surface area contributed by atoms with Gasteiger partial charge < -0.3 is 15.2 Å². The van der Waals surface area contributed by atoms with Gasteiger partial charge >= 0.3 is 0 Å². The van der Waals surface area contributed by atoms with Crippen LogP contribution in [0.2, 0.25) is 0 Å². The Kier molecular flexibility index (Phi) is 5.90. The van der Waals surface area contributed by atoms with Crippen molar-refractivity contribution in [2.45, 2.75) is 11.1 Å². The van der Waals surface area contributed by atoms with Crippen molar-refractivity contribution >= 4 is 27.7 Å². The Bertz CT molecular complexity index is 593. The van der Waals surface area contributed by atoms with Crippen molar-refractivity contribution in [2.75, 3.05) is 20.0 Å². The fourth-order valence-electron chi connectivity index (χ4n) is 1.84. The minimum atomic E-state index is -0.138. The van der Waals surface area contributed by atoms with Gasteiger partial charge in [0.05, 0.1) is 19.2 Å². The van der Waals surface area contributed by atoms with Crippen molar-refractivity contribution in [3.63, 3.8) is 0 Å². The molecule has 0 aliphatic carbocycles. The summed E-state index contributed by atoms with van der Waals surface area (Å²) in [5.74, 6) is 2.22. The maximum Gasteiger partial charge on any atom is 0.127 e. The monoisotopic (exact) mass is 368 g/mol. The Morgan fingerprint density at radius 2 is 2.05 bits per heavy atom. The first kappa shape index (κ1) is 16.1. The lowest BCUT2D eigenvalue weighted by Gasteiger charge is -2.16. The van der Waals surface area contributed by atoms with Crippen LogP contribution in [0.5, 0.6) is 11.5 Å². The summed E-state index contributed by atoms with van der Waals surface area (Å²) >= 11 is 4.99. The summed E-state index contributed by atoms with van der Waals surface area (Å²) in [6, 6.07) is 9.47. The van der Waals surface area contributed by atoms with Gasteiger partial charge in [0.25, 0.3) is 0 Å². The van der Waals surface area contributed by atoms with E-state index in [1.54, 1.807) is 32.2 Å². The number of ether oxygens (including phenoxy) is 2. The molecule has 0 saturated carbocycles. The Morgan fingerprint density at radius 3 is 2.67 bits per heavy atom. The molecule has 0 amide bonds. The van der Waals surface area contributed by atoms with Gasteiger partial charge in [-0.05, 0) is 34.1 Å². The maximum absolute atomic E-state index is 6.26. The minimum Gasteiger partial charge on any atom is -0.497 e. The van der Waals surface area contributed by atoms with Gasteiger partial charge in [-0.3, -0.25) is 0 Å². The Morgan fingerprint density at radius 1 is 1.24 bits per heavy atom. The molecule has 2 rings (SSSR count). The molecule has 0 radical (unpaired) electrons. The first-order valence-electron chi connectivity index (χ1n) is 6.36. The van der Waals surface area contributed by atoms with Crippen molar-refractivity contribution in [2.24, 2.45) is 5.73 Å². The molecule has 0 bridgehead atoms. The van der Waals surface area contributed by atoms with Crippen LogP contribution < -0.4 is 15.2 Å². The summed E-state index contributed by atoms with van der Waals surface area (Å²) in [7, 11) is 3.26. The fraction of sp³-hybridized carbons (Fsp3) is 0.267.